The van der Waals surface area contributed by atoms with Crippen molar-refractivity contribution in [2.75, 3.05) is 14.2 Å². The lowest BCUT2D eigenvalue weighted by molar-refractivity contribution is -0.142. The van der Waals surface area contributed by atoms with Crippen LogP contribution in [0.3, 0.4) is 0 Å². The first-order chi connectivity index (χ1) is 12.1. The summed E-state index contributed by atoms with van der Waals surface area (Å²) in [7, 11) is 1.75. The zero-order valence-corrected chi connectivity index (χ0v) is 14.0. The summed E-state index contributed by atoms with van der Waals surface area (Å²) in [4.78, 5) is 26.9. The molecule has 0 spiro atoms. The Morgan fingerprint density at radius 1 is 1.12 bits per heavy atom. The number of carbonyl (C=O) groups is 2. The molecule has 0 N–H and O–H groups in total. The van der Waals surface area contributed by atoms with Crippen molar-refractivity contribution >= 4 is 11.9 Å². The van der Waals surface area contributed by atoms with Crippen LogP contribution >= 0.6 is 0 Å². The molecule has 1 heterocycles. The Morgan fingerprint density at radius 2 is 1.65 bits per heavy atom. The highest BCUT2D eigenvalue weighted by molar-refractivity contribution is 5.99. The van der Waals surface area contributed by atoms with E-state index >= 15 is 0 Å². The highest BCUT2D eigenvalue weighted by atomic mass is 19.4. The van der Waals surface area contributed by atoms with E-state index in [-0.39, 0.29) is 12.3 Å². The molecule has 0 amide bonds. The highest BCUT2D eigenvalue weighted by Crippen LogP contribution is 2.40. The summed E-state index contributed by atoms with van der Waals surface area (Å²) >= 11 is 0. The van der Waals surface area contributed by atoms with Gasteiger partial charge in [-0.2, -0.15) is 13.2 Å². The molecule has 10 heteroatoms. The number of nitrogens with zero attached hydrogens (tertiary/aromatic N) is 1. The van der Waals surface area contributed by atoms with E-state index in [1.54, 1.807) is 0 Å². The molecule has 1 saturated carbocycles. The van der Waals surface area contributed by atoms with E-state index in [4.69, 9.17) is 0 Å². The van der Waals surface area contributed by atoms with Crippen LogP contribution in [0.4, 0.5) is 22.0 Å². The number of ether oxygens (including phenoxy) is 2. The monoisotopic (exact) mass is 381 g/mol. The fourth-order valence-electron chi connectivity index (χ4n) is 2.67. The van der Waals surface area contributed by atoms with Gasteiger partial charge in [0.2, 0.25) is 0 Å². The van der Waals surface area contributed by atoms with Crippen molar-refractivity contribution in [3.63, 3.8) is 0 Å². The van der Waals surface area contributed by atoms with Crippen molar-refractivity contribution < 1.29 is 41.0 Å². The Labute approximate surface area is 145 Å². The summed E-state index contributed by atoms with van der Waals surface area (Å²) in [5.41, 5.74) is -5.45. The van der Waals surface area contributed by atoms with Gasteiger partial charge in [0, 0.05) is 0 Å². The predicted octanol–water partition coefficient (Wildman–Crippen LogP) is 3.95. The second-order valence-electron chi connectivity index (χ2n) is 5.84. The Kier molecular flexibility index (Phi) is 5.82. The van der Waals surface area contributed by atoms with Gasteiger partial charge in [0.15, 0.2) is 5.69 Å². The molecule has 0 aliphatic heterocycles. The summed E-state index contributed by atoms with van der Waals surface area (Å²) in [6, 6.07) is 0. The number of esters is 2. The molecule has 0 aromatic carbocycles. The predicted molar refractivity (Wildman–Crippen MR) is 77.9 cm³/mol. The summed E-state index contributed by atoms with van der Waals surface area (Å²) < 4.78 is 75.6. The molecule has 1 aliphatic carbocycles. The second kappa shape index (κ2) is 7.55. The average Bonchev–Trinajstić information content (AvgIpc) is 3.40. The van der Waals surface area contributed by atoms with Crippen molar-refractivity contribution in [1.29, 1.82) is 0 Å². The van der Waals surface area contributed by atoms with E-state index in [9.17, 15) is 31.5 Å². The van der Waals surface area contributed by atoms with Gasteiger partial charge in [0.25, 0.3) is 6.43 Å². The Morgan fingerprint density at radius 3 is 2.08 bits per heavy atom. The van der Waals surface area contributed by atoms with E-state index in [2.05, 4.69) is 14.5 Å². The Hall–Kier alpha value is -2.26. The van der Waals surface area contributed by atoms with Crippen LogP contribution in [0.25, 0.3) is 0 Å². The smallest absolute Gasteiger partial charge is 0.434 e. The number of carbonyl (C=O) groups excluding carboxylic acids is 2. The minimum Gasteiger partial charge on any atom is -0.465 e. The minimum absolute atomic E-state index is 0.176. The van der Waals surface area contributed by atoms with Crippen LogP contribution in [-0.2, 0) is 22.1 Å². The van der Waals surface area contributed by atoms with Gasteiger partial charge in [-0.3, -0.25) is 0 Å². The van der Waals surface area contributed by atoms with Crippen molar-refractivity contribution in [3.8, 4) is 0 Å². The third-order valence-corrected chi connectivity index (χ3v) is 4.08. The number of hydrogen-bond donors (Lipinski definition) is 0. The average molecular weight is 381 g/mol. The lowest BCUT2D eigenvalue weighted by Crippen LogP contribution is -2.25. The zero-order chi connectivity index (χ0) is 19.6. The second-order valence-corrected chi connectivity index (χ2v) is 5.84. The molecule has 144 valence electrons. The number of rotatable bonds is 6. The van der Waals surface area contributed by atoms with Crippen LogP contribution in [-0.4, -0.2) is 31.1 Å². The van der Waals surface area contributed by atoms with Crippen LogP contribution < -0.4 is 0 Å². The zero-order valence-electron chi connectivity index (χ0n) is 14.0. The summed E-state index contributed by atoms with van der Waals surface area (Å²) in [5.74, 6) is -2.47. The molecule has 0 saturated heterocycles. The minimum atomic E-state index is -5.18. The highest BCUT2D eigenvalue weighted by Gasteiger charge is 2.43. The van der Waals surface area contributed by atoms with E-state index < -0.39 is 52.6 Å². The number of alkyl halides is 5. The molecule has 1 aromatic heterocycles. The van der Waals surface area contributed by atoms with Crippen LogP contribution in [0.2, 0.25) is 0 Å². The standard InChI is InChI=1S/C16H16F5NO4/c1-25-14(23)9-8(6-5-7-3-4-7)10(15(24)26-2)12(16(19,20)21)22-11(9)13(17)18/h7,13H,3-6H2,1-2H3. The van der Waals surface area contributed by atoms with Crippen LogP contribution in [0, 0.1) is 5.92 Å². The molecule has 1 aromatic rings. The Balaban J connectivity index is 2.82. The third kappa shape index (κ3) is 4.10. The molecular weight excluding hydrogens is 365 g/mol. The van der Waals surface area contributed by atoms with E-state index in [1.807, 2.05) is 0 Å². The summed E-state index contributed by atoms with van der Waals surface area (Å²) in [5, 5.41) is 0. The fraction of sp³-hybridized carbons (Fsp3) is 0.562. The molecular formula is C16H16F5NO4. The van der Waals surface area contributed by atoms with E-state index in [0.717, 1.165) is 27.1 Å². The maximum atomic E-state index is 13.4. The molecule has 0 bridgehead atoms. The van der Waals surface area contributed by atoms with Gasteiger partial charge in [-0.15, -0.1) is 0 Å². The maximum Gasteiger partial charge on any atom is 0.434 e. The molecule has 1 fully saturated rings. The quantitative estimate of drug-likeness (QED) is 0.551. The van der Waals surface area contributed by atoms with Crippen molar-refractivity contribution in [1.82, 2.24) is 4.98 Å². The largest absolute Gasteiger partial charge is 0.465 e. The first-order valence-electron chi connectivity index (χ1n) is 7.70. The topological polar surface area (TPSA) is 65.5 Å². The van der Waals surface area contributed by atoms with Crippen molar-refractivity contribution in [3.05, 3.63) is 28.1 Å². The molecule has 0 radical (unpaired) electrons. The SMILES string of the molecule is COC(=O)c1c(C(F)F)nc(C(F)(F)F)c(C(=O)OC)c1CCC1CC1. The molecule has 1 aliphatic rings. The van der Waals surface area contributed by atoms with E-state index in [0.29, 0.717) is 6.42 Å². The number of halogens is 5. The normalized spacial score (nSPS) is 14.5. The van der Waals surface area contributed by atoms with Gasteiger partial charge in [-0.05, 0) is 24.3 Å². The van der Waals surface area contributed by atoms with Crippen molar-refractivity contribution in [2.24, 2.45) is 5.92 Å². The van der Waals surface area contributed by atoms with Gasteiger partial charge in [0.05, 0.1) is 25.3 Å². The Bertz CT molecular complexity index is 714. The number of hydrogen-bond acceptors (Lipinski definition) is 5. The number of aromatic nitrogens is 1. The molecule has 26 heavy (non-hydrogen) atoms. The van der Waals surface area contributed by atoms with Crippen molar-refractivity contribution in [2.45, 2.75) is 38.3 Å². The lowest BCUT2D eigenvalue weighted by Gasteiger charge is -2.20. The molecule has 2 rings (SSSR count). The first-order valence-corrected chi connectivity index (χ1v) is 7.70. The van der Waals surface area contributed by atoms with Crippen LogP contribution in [0.15, 0.2) is 0 Å². The number of methoxy groups -OCH3 is 2. The third-order valence-electron chi connectivity index (χ3n) is 4.08. The van der Waals surface area contributed by atoms with Gasteiger partial charge in [0.1, 0.15) is 5.69 Å². The first kappa shape index (κ1) is 20.1. The molecule has 5 nitrogen and oxygen atoms in total. The lowest BCUT2D eigenvalue weighted by atomic mass is 9.93. The maximum absolute atomic E-state index is 13.4. The summed E-state index contributed by atoms with van der Waals surface area (Å²) in [6.45, 7) is 0. The fourth-order valence-corrected chi connectivity index (χ4v) is 2.67. The molecule has 0 unspecified atom stereocenters. The number of pyridine rings is 1. The molecule has 0 atom stereocenters. The van der Waals surface area contributed by atoms with Crippen LogP contribution in [0.5, 0.6) is 0 Å². The van der Waals surface area contributed by atoms with Gasteiger partial charge >= 0.3 is 18.1 Å². The van der Waals surface area contributed by atoms with Gasteiger partial charge in [-0.25, -0.2) is 23.4 Å². The van der Waals surface area contributed by atoms with Gasteiger partial charge in [-0.1, -0.05) is 12.8 Å². The van der Waals surface area contributed by atoms with Crippen LogP contribution in [0.1, 0.15) is 63.4 Å². The summed E-state index contributed by atoms with van der Waals surface area (Å²) in [6.07, 6.45) is -6.78. The van der Waals surface area contributed by atoms with Gasteiger partial charge < -0.3 is 9.47 Å². The van der Waals surface area contributed by atoms with E-state index in [1.165, 1.54) is 0 Å².